The Morgan fingerprint density at radius 2 is 1.71 bits per heavy atom. The monoisotopic (exact) mass is 291 g/mol. The van der Waals surface area contributed by atoms with Crippen molar-refractivity contribution >= 4 is 5.97 Å². The highest BCUT2D eigenvalue weighted by atomic mass is 19.4. The summed E-state index contributed by atoms with van der Waals surface area (Å²) in [7, 11) is 0. The Hall–Kier alpha value is -2.81. The topological polar surface area (TPSA) is 61.1 Å². The molecule has 0 radical (unpaired) electrons. The van der Waals surface area contributed by atoms with Crippen molar-refractivity contribution in [1.29, 1.82) is 5.26 Å². The van der Waals surface area contributed by atoms with E-state index in [2.05, 4.69) is 0 Å². The molecule has 2 aromatic rings. The van der Waals surface area contributed by atoms with E-state index < -0.39 is 17.7 Å². The summed E-state index contributed by atoms with van der Waals surface area (Å²) in [5.41, 5.74) is -0.514. The standard InChI is InChI=1S/C15H8F3NO2/c16-15(17,18)11-6-4-9(5-7-11)13-10(8-19)2-1-3-12(13)14(20)21/h1-7H,(H,20,21). The van der Waals surface area contributed by atoms with Crippen LogP contribution in [0.4, 0.5) is 13.2 Å². The van der Waals surface area contributed by atoms with Crippen LogP contribution >= 0.6 is 0 Å². The lowest BCUT2D eigenvalue weighted by atomic mass is 9.94. The Balaban J connectivity index is 2.62. The van der Waals surface area contributed by atoms with Gasteiger partial charge in [-0.2, -0.15) is 18.4 Å². The van der Waals surface area contributed by atoms with Gasteiger partial charge in [-0.1, -0.05) is 18.2 Å². The van der Waals surface area contributed by atoms with Crippen LogP contribution in [0.5, 0.6) is 0 Å². The molecule has 0 aliphatic heterocycles. The van der Waals surface area contributed by atoms with Crippen LogP contribution in [0.3, 0.4) is 0 Å². The zero-order chi connectivity index (χ0) is 15.6. The number of aromatic carboxylic acids is 1. The van der Waals surface area contributed by atoms with Gasteiger partial charge >= 0.3 is 12.1 Å². The van der Waals surface area contributed by atoms with Crippen molar-refractivity contribution in [2.45, 2.75) is 6.18 Å². The van der Waals surface area contributed by atoms with Gasteiger partial charge in [0.15, 0.2) is 0 Å². The Morgan fingerprint density at radius 3 is 2.19 bits per heavy atom. The molecule has 0 atom stereocenters. The van der Waals surface area contributed by atoms with Gasteiger partial charge in [-0.3, -0.25) is 0 Å². The van der Waals surface area contributed by atoms with Crippen LogP contribution in [0.1, 0.15) is 21.5 Å². The summed E-state index contributed by atoms with van der Waals surface area (Å²) in [6.45, 7) is 0. The van der Waals surface area contributed by atoms with Gasteiger partial charge in [-0.25, -0.2) is 4.79 Å². The Morgan fingerprint density at radius 1 is 1.10 bits per heavy atom. The molecule has 1 N–H and O–H groups in total. The average Bonchev–Trinajstić information content (AvgIpc) is 2.45. The summed E-state index contributed by atoms with van der Waals surface area (Å²) in [6, 6.07) is 10.0. The van der Waals surface area contributed by atoms with Crippen LogP contribution in [0.15, 0.2) is 42.5 Å². The summed E-state index contributed by atoms with van der Waals surface area (Å²) in [5.74, 6) is -1.25. The molecule has 21 heavy (non-hydrogen) atoms. The zero-order valence-corrected chi connectivity index (χ0v) is 10.5. The van der Waals surface area contributed by atoms with Crippen molar-refractivity contribution in [3.05, 3.63) is 59.2 Å². The average molecular weight is 291 g/mol. The van der Waals surface area contributed by atoms with Crippen molar-refractivity contribution in [1.82, 2.24) is 0 Å². The van der Waals surface area contributed by atoms with Crippen LogP contribution in [0, 0.1) is 11.3 Å². The first kappa shape index (κ1) is 14.6. The molecule has 0 saturated carbocycles. The van der Waals surface area contributed by atoms with E-state index in [1.165, 1.54) is 18.2 Å². The Kier molecular flexibility index (Phi) is 3.68. The van der Waals surface area contributed by atoms with E-state index in [4.69, 9.17) is 10.4 Å². The summed E-state index contributed by atoms with van der Waals surface area (Å²) < 4.78 is 37.6. The van der Waals surface area contributed by atoms with E-state index >= 15 is 0 Å². The molecule has 0 heterocycles. The molecule has 2 rings (SSSR count). The van der Waals surface area contributed by atoms with Gasteiger partial charge in [0, 0.05) is 5.56 Å². The number of carboxylic acids is 1. The van der Waals surface area contributed by atoms with Crippen LogP contribution in [0.25, 0.3) is 11.1 Å². The van der Waals surface area contributed by atoms with Crippen molar-refractivity contribution in [2.24, 2.45) is 0 Å². The lowest BCUT2D eigenvalue weighted by molar-refractivity contribution is -0.137. The minimum Gasteiger partial charge on any atom is -0.478 e. The number of halogens is 3. The van der Waals surface area contributed by atoms with Crippen molar-refractivity contribution < 1.29 is 23.1 Å². The Bertz CT molecular complexity index is 728. The number of alkyl halides is 3. The highest BCUT2D eigenvalue weighted by molar-refractivity contribution is 5.97. The third kappa shape index (κ3) is 2.87. The van der Waals surface area contributed by atoms with Crippen molar-refractivity contribution in [3.8, 4) is 17.2 Å². The summed E-state index contributed by atoms with van der Waals surface area (Å²) >= 11 is 0. The second-order valence-corrected chi connectivity index (χ2v) is 4.22. The third-order valence-electron chi connectivity index (χ3n) is 2.92. The highest BCUT2D eigenvalue weighted by Crippen LogP contribution is 2.33. The van der Waals surface area contributed by atoms with E-state index in [9.17, 15) is 18.0 Å². The van der Waals surface area contributed by atoms with Crippen LogP contribution < -0.4 is 0 Å². The number of hydrogen-bond acceptors (Lipinski definition) is 2. The van der Waals surface area contributed by atoms with E-state index in [1.54, 1.807) is 0 Å². The number of benzene rings is 2. The molecule has 0 spiro atoms. The summed E-state index contributed by atoms with van der Waals surface area (Å²) in [4.78, 5) is 11.2. The first-order chi connectivity index (χ1) is 9.84. The van der Waals surface area contributed by atoms with Gasteiger partial charge in [0.25, 0.3) is 0 Å². The molecule has 0 aliphatic carbocycles. The second kappa shape index (κ2) is 5.29. The second-order valence-electron chi connectivity index (χ2n) is 4.22. The SMILES string of the molecule is N#Cc1cccc(C(=O)O)c1-c1ccc(C(F)(F)F)cc1. The quantitative estimate of drug-likeness (QED) is 0.911. The molecular weight excluding hydrogens is 283 g/mol. The maximum absolute atomic E-state index is 12.5. The molecule has 6 heteroatoms. The summed E-state index contributed by atoms with van der Waals surface area (Å²) in [6.07, 6.45) is -4.47. The molecular formula is C15H8F3NO2. The van der Waals surface area contributed by atoms with Gasteiger partial charge < -0.3 is 5.11 Å². The fraction of sp³-hybridized carbons (Fsp3) is 0.0667. The minimum absolute atomic E-state index is 0.0923. The normalized spacial score (nSPS) is 11.0. The first-order valence-corrected chi connectivity index (χ1v) is 5.78. The maximum atomic E-state index is 12.5. The van der Waals surface area contributed by atoms with E-state index in [1.807, 2.05) is 6.07 Å². The highest BCUT2D eigenvalue weighted by Gasteiger charge is 2.30. The predicted molar refractivity (Wildman–Crippen MR) is 68.6 cm³/mol. The van der Waals surface area contributed by atoms with Crippen molar-refractivity contribution in [2.75, 3.05) is 0 Å². The number of hydrogen-bond donors (Lipinski definition) is 1. The van der Waals surface area contributed by atoms with E-state index in [0.717, 1.165) is 24.3 Å². The maximum Gasteiger partial charge on any atom is 0.416 e. The van der Waals surface area contributed by atoms with Crippen molar-refractivity contribution in [3.63, 3.8) is 0 Å². The third-order valence-corrected chi connectivity index (χ3v) is 2.92. The van der Waals surface area contributed by atoms with Gasteiger partial charge in [0.2, 0.25) is 0 Å². The molecule has 0 aliphatic rings. The molecule has 0 bridgehead atoms. The summed E-state index contributed by atoms with van der Waals surface area (Å²) in [5, 5.41) is 18.2. The molecule has 2 aromatic carbocycles. The molecule has 3 nitrogen and oxygen atoms in total. The Labute approximate surface area is 117 Å². The molecule has 0 amide bonds. The fourth-order valence-corrected chi connectivity index (χ4v) is 1.96. The van der Waals surface area contributed by atoms with E-state index in [0.29, 0.717) is 0 Å². The van der Waals surface area contributed by atoms with Crippen LogP contribution in [0.2, 0.25) is 0 Å². The molecule has 0 saturated heterocycles. The minimum atomic E-state index is -4.47. The number of carboxylic acid groups (broad SMARTS) is 1. The lowest BCUT2D eigenvalue weighted by Gasteiger charge is -2.11. The smallest absolute Gasteiger partial charge is 0.416 e. The van der Waals surface area contributed by atoms with Crippen LogP contribution in [-0.2, 0) is 6.18 Å². The lowest BCUT2D eigenvalue weighted by Crippen LogP contribution is -2.05. The predicted octanol–water partition coefficient (Wildman–Crippen LogP) is 3.94. The first-order valence-electron chi connectivity index (χ1n) is 5.78. The molecule has 106 valence electrons. The largest absolute Gasteiger partial charge is 0.478 e. The molecule has 0 fully saturated rings. The fourth-order valence-electron chi connectivity index (χ4n) is 1.96. The number of nitrogens with zero attached hydrogens (tertiary/aromatic N) is 1. The van der Waals surface area contributed by atoms with E-state index in [-0.39, 0.29) is 22.3 Å². The number of rotatable bonds is 2. The number of nitriles is 1. The number of carbonyl (C=O) groups is 1. The molecule has 0 aromatic heterocycles. The van der Waals surface area contributed by atoms with Gasteiger partial charge in [0.1, 0.15) is 0 Å². The van der Waals surface area contributed by atoms with Gasteiger partial charge in [-0.05, 0) is 29.8 Å². The molecule has 0 unspecified atom stereocenters. The van der Waals surface area contributed by atoms with Crippen LogP contribution in [-0.4, -0.2) is 11.1 Å². The van der Waals surface area contributed by atoms with Gasteiger partial charge in [-0.15, -0.1) is 0 Å². The van der Waals surface area contributed by atoms with Gasteiger partial charge in [0.05, 0.1) is 22.8 Å². The zero-order valence-electron chi connectivity index (χ0n) is 10.5.